The first-order valence-electron chi connectivity index (χ1n) is 4.92. The first kappa shape index (κ1) is 9.61. The second-order valence-corrected chi connectivity index (χ2v) is 3.46. The van der Waals surface area contributed by atoms with Gasteiger partial charge in [0.25, 0.3) is 0 Å². The van der Waals surface area contributed by atoms with E-state index in [0.29, 0.717) is 6.42 Å². The van der Waals surface area contributed by atoms with Gasteiger partial charge in [-0.05, 0) is 11.6 Å². The SMILES string of the molecule is C#CCc1coc(Cc2ccccc2)c1. The molecule has 1 aromatic heterocycles. The highest BCUT2D eigenvalue weighted by Crippen LogP contribution is 2.13. The predicted molar refractivity (Wildman–Crippen MR) is 60.5 cm³/mol. The van der Waals surface area contributed by atoms with E-state index < -0.39 is 0 Å². The average molecular weight is 196 g/mol. The Morgan fingerprint density at radius 1 is 1.13 bits per heavy atom. The van der Waals surface area contributed by atoms with Crippen LogP contribution in [-0.2, 0) is 12.8 Å². The first-order valence-corrected chi connectivity index (χ1v) is 4.92. The van der Waals surface area contributed by atoms with Crippen molar-refractivity contribution in [1.82, 2.24) is 0 Å². The van der Waals surface area contributed by atoms with Crippen LogP contribution in [0.3, 0.4) is 0 Å². The van der Waals surface area contributed by atoms with E-state index in [0.717, 1.165) is 17.7 Å². The van der Waals surface area contributed by atoms with Crippen LogP contribution in [0.15, 0.2) is 47.1 Å². The molecule has 0 aliphatic heterocycles. The Labute approximate surface area is 89.7 Å². The molecule has 0 saturated carbocycles. The second-order valence-electron chi connectivity index (χ2n) is 3.46. The maximum Gasteiger partial charge on any atom is 0.108 e. The Kier molecular flexibility index (Phi) is 2.90. The van der Waals surface area contributed by atoms with E-state index in [9.17, 15) is 0 Å². The van der Waals surface area contributed by atoms with E-state index in [1.807, 2.05) is 24.3 Å². The van der Waals surface area contributed by atoms with E-state index in [-0.39, 0.29) is 0 Å². The molecular weight excluding hydrogens is 184 g/mol. The molecule has 0 atom stereocenters. The quantitative estimate of drug-likeness (QED) is 0.688. The largest absolute Gasteiger partial charge is 0.469 e. The lowest BCUT2D eigenvalue weighted by atomic mass is 10.1. The smallest absolute Gasteiger partial charge is 0.108 e. The number of hydrogen-bond donors (Lipinski definition) is 0. The molecule has 0 unspecified atom stereocenters. The highest BCUT2D eigenvalue weighted by atomic mass is 16.3. The van der Waals surface area contributed by atoms with Crippen molar-refractivity contribution in [3.63, 3.8) is 0 Å². The topological polar surface area (TPSA) is 13.1 Å². The maximum atomic E-state index is 5.43. The molecule has 0 N–H and O–H groups in total. The third kappa shape index (κ3) is 2.51. The Morgan fingerprint density at radius 2 is 1.93 bits per heavy atom. The van der Waals surface area contributed by atoms with Crippen molar-refractivity contribution in [2.24, 2.45) is 0 Å². The zero-order chi connectivity index (χ0) is 10.5. The van der Waals surface area contributed by atoms with E-state index in [2.05, 4.69) is 18.1 Å². The Balaban J connectivity index is 2.09. The number of furan rings is 1. The number of hydrogen-bond acceptors (Lipinski definition) is 1. The van der Waals surface area contributed by atoms with E-state index >= 15 is 0 Å². The van der Waals surface area contributed by atoms with Gasteiger partial charge >= 0.3 is 0 Å². The van der Waals surface area contributed by atoms with E-state index in [1.54, 1.807) is 6.26 Å². The molecule has 0 bridgehead atoms. The van der Waals surface area contributed by atoms with Crippen molar-refractivity contribution in [2.75, 3.05) is 0 Å². The number of terminal acetylenes is 1. The van der Waals surface area contributed by atoms with Crippen LogP contribution < -0.4 is 0 Å². The summed E-state index contributed by atoms with van der Waals surface area (Å²) >= 11 is 0. The highest BCUT2D eigenvalue weighted by molar-refractivity contribution is 5.24. The van der Waals surface area contributed by atoms with Crippen LogP contribution in [0.4, 0.5) is 0 Å². The molecule has 15 heavy (non-hydrogen) atoms. The molecule has 0 saturated heterocycles. The second kappa shape index (κ2) is 4.52. The van der Waals surface area contributed by atoms with Gasteiger partial charge in [0.2, 0.25) is 0 Å². The molecule has 0 aliphatic rings. The summed E-state index contributed by atoms with van der Waals surface area (Å²) in [6.45, 7) is 0. The molecule has 2 aromatic rings. The molecule has 0 radical (unpaired) electrons. The van der Waals surface area contributed by atoms with Crippen LogP contribution in [0, 0.1) is 12.3 Å². The molecule has 1 aromatic carbocycles. The summed E-state index contributed by atoms with van der Waals surface area (Å²) in [6, 6.07) is 12.3. The van der Waals surface area contributed by atoms with Gasteiger partial charge < -0.3 is 4.42 Å². The van der Waals surface area contributed by atoms with Gasteiger partial charge in [0.05, 0.1) is 6.26 Å². The standard InChI is InChI=1S/C14H12O/c1-2-6-13-10-14(15-11-13)9-12-7-4-3-5-8-12/h1,3-5,7-8,10-11H,6,9H2. The van der Waals surface area contributed by atoms with Gasteiger partial charge in [0.15, 0.2) is 0 Å². The van der Waals surface area contributed by atoms with Gasteiger partial charge in [0.1, 0.15) is 5.76 Å². The first-order chi connectivity index (χ1) is 7.38. The minimum atomic E-state index is 0.637. The molecule has 0 amide bonds. The summed E-state index contributed by atoms with van der Waals surface area (Å²) in [7, 11) is 0. The molecule has 0 spiro atoms. The number of benzene rings is 1. The van der Waals surface area contributed by atoms with Gasteiger partial charge in [0, 0.05) is 18.4 Å². The lowest BCUT2D eigenvalue weighted by molar-refractivity contribution is 0.519. The summed E-state index contributed by atoms with van der Waals surface area (Å²) in [6.07, 6.45) is 8.43. The lowest BCUT2D eigenvalue weighted by Gasteiger charge is -1.95. The normalized spacial score (nSPS) is 9.80. The predicted octanol–water partition coefficient (Wildman–Crippen LogP) is 3.05. The third-order valence-corrected chi connectivity index (χ3v) is 2.24. The molecule has 1 heteroatoms. The van der Waals surface area contributed by atoms with Crippen LogP contribution in [-0.4, -0.2) is 0 Å². The minimum Gasteiger partial charge on any atom is -0.469 e. The zero-order valence-electron chi connectivity index (χ0n) is 8.44. The minimum absolute atomic E-state index is 0.637. The van der Waals surface area contributed by atoms with Crippen LogP contribution in [0.2, 0.25) is 0 Å². The summed E-state index contributed by atoms with van der Waals surface area (Å²) in [5.74, 6) is 3.57. The molecule has 2 rings (SSSR count). The van der Waals surface area contributed by atoms with Crippen molar-refractivity contribution in [3.8, 4) is 12.3 Å². The summed E-state index contributed by atoms with van der Waals surface area (Å²) in [5, 5.41) is 0. The average Bonchev–Trinajstić information content (AvgIpc) is 2.68. The molecule has 1 nitrogen and oxygen atoms in total. The van der Waals surface area contributed by atoms with Gasteiger partial charge in [-0.15, -0.1) is 12.3 Å². The van der Waals surface area contributed by atoms with Crippen molar-refractivity contribution in [3.05, 3.63) is 59.5 Å². The van der Waals surface area contributed by atoms with Crippen LogP contribution in [0.25, 0.3) is 0 Å². The maximum absolute atomic E-state index is 5.43. The molecular formula is C14H12O. The van der Waals surface area contributed by atoms with Gasteiger partial charge in [-0.2, -0.15) is 0 Å². The van der Waals surface area contributed by atoms with Gasteiger partial charge in [-0.1, -0.05) is 30.3 Å². The Bertz CT molecular complexity index is 460. The molecule has 74 valence electrons. The van der Waals surface area contributed by atoms with Crippen LogP contribution in [0.1, 0.15) is 16.9 Å². The van der Waals surface area contributed by atoms with Crippen molar-refractivity contribution < 1.29 is 4.42 Å². The molecule has 1 heterocycles. The lowest BCUT2D eigenvalue weighted by Crippen LogP contribution is -1.84. The summed E-state index contributed by atoms with van der Waals surface area (Å²) in [4.78, 5) is 0. The fourth-order valence-electron chi connectivity index (χ4n) is 1.53. The van der Waals surface area contributed by atoms with E-state index in [4.69, 9.17) is 10.8 Å². The van der Waals surface area contributed by atoms with E-state index in [1.165, 1.54) is 5.56 Å². The number of rotatable bonds is 3. The van der Waals surface area contributed by atoms with Crippen LogP contribution in [0.5, 0.6) is 0 Å². The monoisotopic (exact) mass is 196 g/mol. The highest BCUT2D eigenvalue weighted by Gasteiger charge is 2.01. The van der Waals surface area contributed by atoms with Crippen molar-refractivity contribution in [2.45, 2.75) is 12.8 Å². The molecule has 0 fully saturated rings. The van der Waals surface area contributed by atoms with Gasteiger partial charge in [-0.3, -0.25) is 0 Å². The fraction of sp³-hybridized carbons (Fsp3) is 0.143. The zero-order valence-corrected chi connectivity index (χ0v) is 8.44. The van der Waals surface area contributed by atoms with Crippen LogP contribution >= 0.6 is 0 Å². The summed E-state index contributed by atoms with van der Waals surface area (Å²) < 4.78 is 5.43. The van der Waals surface area contributed by atoms with Crippen molar-refractivity contribution >= 4 is 0 Å². The summed E-state index contributed by atoms with van der Waals surface area (Å²) in [5.41, 5.74) is 2.32. The Hall–Kier alpha value is -1.94. The fourth-order valence-corrected chi connectivity index (χ4v) is 1.53. The third-order valence-electron chi connectivity index (χ3n) is 2.24. The van der Waals surface area contributed by atoms with Crippen molar-refractivity contribution in [1.29, 1.82) is 0 Å². The van der Waals surface area contributed by atoms with Gasteiger partial charge in [-0.25, -0.2) is 0 Å². The Morgan fingerprint density at radius 3 is 2.67 bits per heavy atom. The molecule has 0 aliphatic carbocycles.